The molecule has 0 spiro atoms. The van der Waals surface area contributed by atoms with E-state index in [0.29, 0.717) is 11.7 Å². The van der Waals surface area contributed by atoms with Crippen LogP contribution in [0.4, 0.5) is 0 Å². The Morgan fingerprint density at radius 2 is 1.10 bits per heavy atom. The molecule has 2 aliphatic carbocycles. The molecule has 0 bridgehead atoms. The van der Waals surface area contributed by atoms with Crippen molar-refractivity contribution in [1.82, 2.24) is 19.5 Å². The van der Waals surface area contributed by atoms with E-state index in [-0.39, 0.29) is 5.92 Å². The number of pyridine rings is 1. The molecule has 4 heterocycles. The number of ketones is 1. The summed E-state index contributed by atoms with van der Waals surface area (Å²) in [6.07, 6.45) is 13.6. The van der Waals surface area contributed by atoms with Crippen molar-refractivity contribution >= 4 is 70.8 Å². The summed E-state index contributed by atoms with van der Waals surface area (Å²) in [7, 11) is 2.09. The summed E-state index contributed by atoms with van der Waals surface area (Å²) in [6.45, 7) is 25.6. The van der Waals surface area contributed by atoms with E-state index in [2.05, 4.69) is 230 Å². The van der Waals surface area contributed by atoms with E-state index < -0.39 is 0 Å². The van der Waals surface area contributed by atoms with E-state index >= 15 is 0 Å². The molecule has 0 saturated heterocycles. The van der Waals surface area contributed by atoms with E-state index in [1.165, 1.54) is 104 Å². The Hall–Kier alpha value is -7.02. The van der Waals surface area contributed by atoms with Gasteiger partial charge in [-0.1, -0.05) is 102 Å². The Morgan fingerprint density at radius 3 is 1.85 bits per heavy atom. The molecule has 2 aliphatic rings. The number of nitrogens with zero attached hydrogens (tertiary/aromatic N) is 4. The maximum absolute atomic E-state index is 11.5. The van der Waals surface area contributed by atoms with Gasteiger partial charge in [-0.25, -0.2) is 0 Å². The first-order chi connectivity index (χ1) is 34.0. The van der Waals surface area contributed by atoms with Crippen LogP contribution in [0.25, 0.3) is 53.7 Å². The minimum absolute atomic E-state index is 0.231. The lowest BCUT2D eigenvalue weighted by molar-refractivity contribution is -0.120. The maximum atomic E-state index is 11.5. The van der Waals surface area contributed by atoms with Gasteiger partial charge in [0.15, 0.2) is 0 Å². The lowest BCUT2D eigenvalue weighted by Gasteiger charge is -2.21. The van der Waals surface area contributed by atoms with Crippen LogP contribution in [0.15, 0.2) is 163 Å². The van der Waals surface area contributed by atoms with Gasteiger partial charge in [0.1, 0.15) is 5.78 Å². The smallest absolute Gasteiger partial charge is 0.140 e. The zero-order valence-corrected chi connectivity index (χ0v) is 44.9. The third-order valence-corrected chi connectivity index (χ3v) is 15.7. The predicted octanol–water partition coefficient (Wildman–Crippen LogP) is 17.4. The Kier molecular flexibility index (Phi) is 17.0. The van der Waals surface area contributed by atoms with Crippen LogP contribution < -0.4 is 0 Å². The topological polar surface area (TPSA) is 60.7 Å². The van der Waals surface area contributed by atoms with Crippen LogP contribution in [0.5, 0.6) is 0 Å². The van der Waals surface area contributed by atoms with Crippen molar-refractivity contribution in [2.24, 2.45) is 18.9 Å². The molecule has 0 aliphatic heterocycles. The van der Waals surface area contributed by atoms with Crippen molar-refractivity contribution in [1.29, 1.82) is 0 Å². The average Bonchev–Trinajstić information content (AvgIpc) is 4.14. The second-order valence-electron chi connectivity index (χ2n) is 19.3. The zero-order valence-electron chi connectivity index (χ0n) is 44.1. The highest BCUT2D eigenvalue weighted by atomic mass is 32.1. The fraction of sp³-hybridized carbons (Fsp3) is 0.262. The number of carbonyl (C=O) groups excluding carboxylic acids is 1. The molecule has 0 radical (unpaired) electrons. The Labute approximate surface area is 426 Å². The number of aryl methyl sites for hydroxylation is 11. The summed E-state index contributed by atoms with van der Waals surface area (Å²) in [4.78, 5) is 24.3. The summed E-state index contributed by atoms with van der Waals surface area (Å²) >= 11 is 1.81. The first-order valence-corrected chi connectivity index (χ1v) is 25.7. The second kappa shape index (κ2) is 23.3. The van der Waals surface area contributed by atoms with Crippen LogP contribution in [0.3, 0.4) is 0 Å². The molecule has 0 N–H and O–H groups in total. The third-order valence-electron chi connectivity index (χ3n) is 14.9. The van der Waals surface area contributed by atoms with Crippen LogP contribution >= 0.6 is 11.3 Å². The van der Waals surface area contributed by atoms with Gasteiger partial charge in [-0.2, -0.15) is 0 Å². The van der Waals surface area contributed by atoms with Crippen LogP contribution in [-0.4, -0.2) is 25.3 Å². The van der Waals surface area contributed by atoms with Gasteiger partial charge >= 0.3 is 0 Å². The highest BCUT2D eigenvalue weighted by Gasteiger charge is 2.36. The summed E-state index contributed by atoms with van der Waals surface area (Å²) in [5.41, 5.74) is 20.4. The van der Waals surface area contributed by atoms with E-state index in [9.17, 15) is 4.79 Å². The molecule has 6 heteroatoms. The molecule has 6 aromatic carbocycles. The summed E-state index contributed by atoms with van der Waals surface area (Å²) < 4.78 is 3.57. The number of carbonyl (C=O) groups is 1. The third kappa shape index (κ3) is 12.0. The number of hydrogen-bond donors (Lipinski definition) is 0. The van der Waals surface area contributed by atoms with Crippen molar-refractivity contribution in [2.45, 2.75) is 95.9 Å². The largest absolute Gasteiger partial charge is 0.350 e. The standard InChI is InChI=1S/C12H12.C11H13N.C11H11N.C11H14O.C10H10N2.C10H10S/c1-9-7-8-11-5-3-4-6-12(11)10(9)2;1-8-4-5-10-6-7-12(3)11(10)9(8)2;1-8-5-6-10-4-3-7-12-11(10)9(8)2;1-7-3-4-9-5-6-10(12)11(9)8(7)2;1-7-3-4-9-10(8(7)2)12-6-5-11-9;1-7-3-4-10-9(8(7)2)5-6-11-10/h3-8H,1-2H3;4-7H,1-3H3;3-7H,1-2H3;3-4,9,11H,5-6H2,1-2H3;3-6H,1-2H3;3-6H,1-2H3. The fourth-order valence-corrected chi connectivity index (χ4v) is 10.3. The van der Waals surface area contributed by atoms with Crippen LogP contribution in [0.1, 0.15) is 82.3 Å². The zero-order chi connectivity index (χ0) is 50.9. The molecule has 4 aromatic heterocycles. The van der Waals surface area contributed by atoms with Crippen molar-refractivity contribution in [3.05, 3.63) is 218 Å². The molecule has 2 atom stereocenters. The maximum Gasteiger partial charge on any atom is 0.140 e. The average molecular weight is 955 g/mol. The predicted molar refractivity (Wildman–Crippen MR) is 306 cm³/mol. The Morgan fingerprint density at radius 1 is 0.521 bits per heavy atom. The first-order valence-electron chi connectivity index (χ1n) is 24.8. The molecular formula is C65H70N4OS. The quantitative estimate of drug-likeness (QED) is 0.152. The molecule has 12 rings (SSSR count). The molecule has 71 heavy (non-hydrogen) atoms. The van der Waals surface area contributed by atoms with Gasteiger partial charge in [0.2, 0.25) is 0 Å². The minimum atomic E-state index is 0.231. The van der Waals surface area contributed by atoms with Crippen molar-refractivity contribution in [2.75, 3.05) is 0 Å². The normalized spacial score (nSPS) is 14.6. The molecule has 0 amide bonds. The monoisotopic (exact) mass is 955 g/mol. The Balaban J connectivity index is 0.000000125. The number of allylic oxidation sites excluding steroid dienone is 4. The van der Waals surface area contributed by atoms with Gasteiger partial charge in [-0.3, -0.25) is 19.7 Å². The van der Waals surface area contributed by atoms with E-state index in [4.69, 9.17) is 0 Å². The lowest BCUT2D eigenvalue weighted by atomic mass is 9.82. The number of benzene rings is 6. The number of thiophene rings is 1. The summed E-state index contributed by atoms with van der Waals surface area (Å²) in [5, 5.41) is 8.83. The first kappa shape index (κ1) is 51.8. The number of aromatic nitrogens is 4. The molecule has 5 nitrogen and oxygen atoms in total. The van der Waals surface area contributed by atoms with Gasteiger partial charge < -0.3 is 4.57 Å². The number of rotatable bonds is 0. The highest BCUT2D eigenvalue weighted by molar-refractivity contribution is 7.17. The van der Waals surface area contributed by atoms with Gasteiger partial charge in [0.05, 0.1) is 22.1 Å². The van der Waals surface area contributed by atoms with Crippen molar-refractivity contribution < 1.29 is 4.79 Å². The molecule has 362 valence electrons. The van der Waals surface area contributed by atoms with Crippen molar-refractivity contribution in [3.8, 4) is 0 Å². The van der Waals surface area contributed by atoms with Gasteiger partial charge in [-0.15, -0.1) is 11.3 Å². The molecular weight excluding hydrogens is 885 g/mol. The summed E-state index contributed by atoms with van der Waals surface area (Å²) in [6, 6.07) is 38.4. The summed E-state index contributed by atoms with van der Waals surface area (Å²) in [5.74, 6) is 1.19. The van der Waals surface area contributed by atoms with Gasteiger partial charge in [0, 0.05) is 54.3 Å². The van der Waals surface area contributed by atoms with E-state index in [1.54, 1.807) is 12.4 Å². The second-order valence-corrected chi connectivity index (χ2v) is 20.3. The van der Waals surface area contributed by atoms with E-state index in [0.717, 1.165) is 29.4 Å². The van der Waals surface area contributed by atoms with Crippen LogP contribution in [0.2, 0.25) is 0 Å². The lowest BCUT2D eigenvalue weighted by Crippen LogP contribution is -2.17. The van der Waals surface area contributed by atoms with Gasteiger partial charge in [-0.05, 0) is 208 Å². The highest BCUT2D eigenvalue weighted by Crippen LogP contribution is 2.39. The van der Waals surface area contributed by atoms with Gasteiger partial charge in [0.25, 0.3) is 0 Å². The van der Waals surface area contributed by atoms with Crippen LogP contribution in [0, 0.1) is 81.1 Å². The minimum Gasteiger partial charge on any atom is -0.350 e. The number of hydrogen-bond acceptors (Lipinski definition) is 5. The number of fused-ring (bicyclic) bond motifs is 6. The van der Waals surface area contributed by atoms with Crippen LogP contribution in [-0.2, 0) is 11.8 Å². The molecule has 1 saturated carbocycles. The number of Topliss-reactive ketones (excluding diaryl/α,β-unsaturated/α-hetero) is 1. The van der Waals surface area contributed by atoms with E-state index in [1.807, 2.05) is 29.7 Å². The fourth-order valence-electron chi connectivity index (χ4n) is 9.48. The molecule has 10 aromatic rings. The Bertz CT molecular complexity index is 3370. The SMILES string of the molecule is CC1=C(C)C2C(=O)CCC2C=C1.Cc1ccc2ccccc2c1C.Cc1ccc2cccnc2c1C.Cc1ccc2ccn(C)c2c1C.Cc1ccc2nccnc2c1C.Cc1ccc2sccc2c1C. The van der Waals surface area contributed by atoms with Crippen molar-refractivity contribution in [3.63, 3.8) is 0 Å². The molecule has 1 fully saturated rings. The molecule has 2 unspecified atom stereocenters.